The summed E-state index contributed by atoms with van der Waals surface area (Å²) < 4.78 is 13.8. The maximum Gasteiger partial charge on any atom is 0.519 e. The van der Waals surface area contributed by atoms with E-state index in [4.69, 9.17) is 31.2 Å². The summed E-state index contributed by atoms with van der Waals surface area (Å²) in [5.74, 6) is 0. The van der Waals surface area contributed by atoms with Crippen LogP contribution < -0.4 is 22.1 Å². The monoisotopic (exact) mass is 426 g/mol. The summed E-state index contributed by atoms with van der Waals surface area (Å²) in [7, 11) is 3.64. The number of nitrogens with one attached hydrogen (secondary N) is 2. The van der Waals surface area contributed by atoms with Crippen LogP contribution in [0.25, 0.3) is 0 Å². The van der Waals surface area contributed by atoms with Crippen molar-refractivity contribution < 1.29 is 34.0 Å². The molecule has 11 heteroatoms. The summed E-state index contributed by atoms with van der Waals surface area (Å²) in [6.45, 7) is 11.8. The van der Waals surface area contributed by atoms with Gasteiger partial charge >= 0.3 is 12.3 Å². The average molecular weight is 427 g/mol. The van der Waals surface area contributed by atoms with Crippen molar-refractivity contribution in [1.82, 2.24) is 10.6 Å². The van der Waals surface area contributed by atoms with E-state index in [2.05, 4.69) is 15.4 Å². The molecule has 176 valence electrons. The maximum absolute atomic E-state index is 11.0. The van der Waals surface area contributed by atoms with E-state index in [1.807, 2.05) is 14.1 Å². The Labute approximate surface area is 174 Å². The van der Waals surface area contributed by atoms with Crippen molar-refractivity contribution in [3.05, 3.63) is 0 Å². The number of nitrogens with two attached hydrogens (primary N) is 2. The van der Waals surface area contributed by atoms with Gasteiger partial charge in [-0.2, -0.15) is 0 Å². The number of carbonyl (C=O) groups is 2. The highest BCUT2D eigenvalue weighted by Crippen LogP contribution is 2.11. The van der Waals surface area contributed by atoms with Crippen LogP contribution in [0, 0.1) is 0 Å². The molecule has 0 bridgehead atoms. The number of aliphatic hydroxyl groups is 2. The van der Waals surface area contributed by atoms with E-state index in [1.54, 1.807) is 41.5 Å². The summed E-state index contributed by atoms with van der Waals surface area (Å²) >= 11 is 0. The molecular weight excluding hydrogens is 384 g/mol. The summed E-state index contributed by atoms with van der Waals surface area (Å²) in [6.07, 6.45) is -2.89. The number of likely N-dealkylation sites (N-methyl/N-ethyl adjacent to an activating group) is 2. The van der Waals surface area contributed by atoms with Gasteiger partial charge in [0.1, 0.15) is 11.2 Å². The third-order valence-corrected chi connectivity index (χ3v) is 2.37. The Morgan fingerprint density at radius 3 is 1.28 bits per heavy atom. The Morgan fingerprint density at radius 2 is 1.10 bits per heavy atom. The molecule has 0 aliphatic carbocycles. The van der Waals surface area contributed by atoms with Gasteiger partial charge in [0.2, 0.25) is 0 Å². The van der Waals surface area contributed by atoms with Gasteiger partial charge in [-0.1, -0.05) is 0 Å². The van der Waals surface area contributed by atoms with Gasteiger partial charge in [-0.05, 0) is 55.6 Å². The topological polar surface area (TPSA) is 178 Å². The normalized spacial score (nSPS) is 11.1. The van der Waals surface area contributed by atoms with Crippen molar-refractivity contribution in [2.45, 2.75) is 65.0 Å². The zero-order valence-electron chi connectivity index (χ0n) is 19.1. The Morgan fingerprint density at radius 1 is 0.793 bits per heavy atom. The van der Waals surface area contributed by atoms with Crippen molar-refractivity contribution in [2.24, 2.45) is 11.5 Å². The highest BCUT2D eigenvalue weighted by Gasteiger charge is 2.24. The SMILES string of the molecule is CC(C)(C)OC(=O)OC(=O)OC(C)(C)C.CNCC(O)CNC.NCC(O)CN. The van der Waals surface area contributed by atoms with E-state index in [0.717, 1.165) is 0 Å². The standard InChI is InChI=1S/C10H18O5.C5H14N2O.C3H10N2O/c1-9(2,3)14-7(11)13-8(12)15-10(4,5)6;1-6-3-5(8)4-7-2;4-1-3(6)2-5/h1-6H3;5-8H,3-4H2,1-2H3;3,6H,1-2,4-5H2. The summed E-state index contributed by atoms with van der Waals surface area (Å²) in [4.78, 5) is 22.0. The minimum atomic E-state index is -1.06. The van der Waals surface area contributed by atoms with Gasteiger partial charge in [-0.15, -0.1) is 0 Å². The second kappa shape index (κ2) is 17.4. The third kappa shape index (κ3) is 31.4. The molecule has 0 aliphatic rings. The molecule has 0 saturated heterocycles. The fraction of sp³-hybridized carbons (Fsp3) is 0.889. The lowest BCUT2D eigenvalue weighted by Gasteiger charge is -2.20. The number of aliphatic hydroxyl groups excluding tert-OH is 2. The zero-order valence-corrected chi connectivity index (χ0v) is 19.1. The van der Waals surface area contributed by atoms with Crippen LogP contribution in [0.5, 0.6) is 0 Å². The summed E-state index contributed by atoms with van der Waals surface area (Å²) in [5, 5.41) is 23.1. The van der Waals surface area contributed by atoms with Crippen molar-refractivity contribution in [1.29, 1.82) is 0 Å². The largest absolute Gasteiger partial charge is 0.519 e. The van der Waals surface area contributed by atoms with Crippen LogP contribution in [0.1, 0.15) is 41.5 Å². The lowest BCUT2D eigenvalue weighted by atomic mass is 10.2. The lowest BCUT2D eigenvalue weighted by molar-refractivity contribution is -0.0293. The Kier molecular flexibility index (Phi) is 19.3. The lowest BCUT2D eigenvalue weighted by Crippen LogP contribution is -2.32. The minimum Gasteiger partial charge on any atom is -0.428 e. The predicted molar refractivity (Wildman–Crippen MR) is 112 cm³/mol. The van der Waals surface area contributed by atoms with Crippen molar-refractivity contribution in [3.8, 4) is 0 Å². The fourth-order valence-electron chi connectivity index (χ4n) is 1.25. The van der Waals surface area contributed by atoms with Gasteiger partial charge in [-0.25, -0.2) is 9.59 Å². The van der Waals surface area contributed by atoms with Crippen molar-refractivity contribution in [3.63, 3.8) is 0 Å². The molecule has 0 atom stereocenters. The highest BCUT2D eigenvalue weighted by molar-refractivity contribution is 5.77. The molecule has 0 rings (SSSR count). The smallest absolute Gasteiger partial charge is 0.428 e. The minimum absolute atomic E-state index is 0.259. The van der Waals surface area contributed by atoms with E-state index in [-0.39, 0.29) is 19.2 Å². The molecule has 0 aromatic carbocycles. The molecule has 0 amide bonds. The van der Waals surface area contributed by atoms with Crippen LogP contribution in [0.4, 0.5) is 9.59 Å². The van der Waals surface area contributed by atoms with Gasteiger partial charge in [0.15, 0.2) is 0 Å². The van der Waals surface area contributed by atoms with E-state index in [0.29, 0.717) is 13.1 Å². The Balaban J connectivity index is -0.000000403. The average Bonchev–Trinajstić information content (AvgIpc) is 2.52. The molecule has 0 unspecified atom stereocenters. The number of ether oxygens (including phenoxy) is 3. The molecule has 0 spiro atoms. The van der Waals surface area contributed by atoms with Crippen molar-refractivity contribution >= 4 is 12.3 Å². The quantitative estimate of drug-likeness (QED) is 0.247. The molecule has 11 nitrogen and oxygen atoms in total. The molecule has 0 saturated carbocycles. The van der Waals surface area contributed by atoms with Crippen LogP contribution in [-0.4, -0.2) is 86.2 Å². The van der Waals surface area contributed by atoms with E-state index in [9.17, 15) is 9.59 Å². The highest BCUT2D eigenvalue weighted by atomic mass is 16.8. The number of carbonyl (C=O) groups excluding carboxylic acids is 2. The molecule has 0 aromatic heterocycles. The second-order valence-corrected chi connectivity index (χ2v) is 7.93. The maximum atomic E-state index is 11.0. The van der Waals surface area contributed by atoms with Gasteiger partial charge in [0.05, 0.1) is 12.2 Å². The summed E-state index contributed by atoms with van der Waals surface area (Å²) in [5.41, 5.74) is 8.51. The molecule has 8 N–H and O–H groups in total. The van der Waals surface area contributed by atoms with E-state index >= 15 is 0 Å². The first-order valence-corrected chi connectivity index (χ1v) is 9.31. The van der Waals surface area contributed by atoms with Gasteiger partial charge in [0, 0.05) is 26.2 Å². The number of hydrogen-bond donors (Lipinski definition) is 6. The van der Waals surface area contributed by atoms with Gasteiger partial charge in [0.25, 0.3) is 0 Å². The van der Waals surface area contributed by atoms with Gasteiger partial charge in [-0.3, -0.25) is 0 Å². The van der Waals surface area contributed by atoms with Crippen LogP contribution in [0.3, 0.4) is 0 Å². The predicted octanol–water partition coefficient (Wildman–Crippen LogP) is -0.0760. The van der Waals surface area contributed by atoms with E-state index in [1.165, 1.54) is 0 Å². The van der Waals surface area contributed by atoms with Crippen LogP contribution in [0.15, 0.2) is 0 Å². The molecule has 0 fully saturated rings. The first kappa shape index (κ1) is 32.2. The molecule has 0 aliphatic heterocycles. The molecule has 29 heavy (non-hydrogen) atoms. The Bertz CT molecular complexity index is 387. The molecule has 0 radical (unpaired) electrons. The molecule has 0 heterocycles. The summed E-state index contributed by atoms with van der Waals surface area (Å²) in [6, 6.07) is 0. The zero-order chi connectivity index (χ0) is 23.7. The first-order valence-electron chi connectivity index (χ1n) is 9.31. The Hall–Kier alpha value is -1.50. The fourth-order valence-corrected chi connectivity index (χ4v) is 1.25. The van der Waals surface area contributed by atoms with E-state index < -0.39 is 29.6 Å². The first-order chi connectivity index (χ1) is 13.1. The van der Waals surface area contributed by atoms with Crippen LogP contribution in [-0.2, 0) is 14.2 Å². The van der Waals surface area contributed by atoms with Crippen LogP contribution >= 0.6 is 0 Å². The number of rotatable bonds is 6. The second-order valence-electron chi connectivity index (χ2n) is 7.93. The van der Waals surface area contributed by atoms with Crippen LogP contribution in [0.2, 0.25) is 0 Å². The van der Waals surface area contributed by atoms with Gasteiger partial charge < -0.3 is 46.5 Å². The molecule has 0 aromatic rings. The third-order valence-electron chi connectivity index (χ3n) is 2.37. The van der Waals surface area contributed by atoms with Crippen molar-refractivity contribution in [2.75, 3.05) is 40.3 Å². The molecular formula is C18H42N4O7. The number of hydrogen-bond acceptors (Lipinski definition) is 11.